The van der Waals surface area contributed by atoms with Crippen molar-refractivity contribution in [1.82, 2.24) is 0 Å². The van der Waals surface area contributed by atoms with Crippen LogP contribution in [0.5, 0.6) is 0 Å². The Bertz CT molecular complexity index is 818. The minimum atomic E-state index is 1.05. The van der Waals surface area contributed by atoms with E-state index in [1.807, 2.05) is 45.3 Å². The van der Waals surface area contributed by atoms with Gasteiger partial charge in [0, 0.05) is 46.2 Å². The molecule has 0 aliphatic rings. The number of halogens is 1. The fraction of sp³-hybridized carbons (Fsp3) is 0.176. The highest BCUT2D eigenvalue weighted by Crippen LogP contribution is 2.37. The molecule has 0 aliphatic carbocycles. The van der Waals surface area contributed by atoms with E-state index in [9.17, 15) is 0 Å². The van der Waals surface area contributed by atoms with Crippen LogP contribution in [0.4, 0.5) is 0 Å². The minimum absolute atomic E-state index is 1.05. The molecule has 22 heavy (non-hydrogen) atoms. The van der Waals surface area contributed by atoms with E-state index >= 15 is 0 Å². The van der Waals surface area contributed by atoms with Crippen molar-refractivity contribution in [3.63, 3.8) is 0 Å². The van der Waals surface area contributed by atoms with Crippen molar-refractivity contribution in [3.05, 3.63) is 64.6 Å². The van der Waals surface area contributed by atoms with Gasteiger partial charge in [0.25, 0.3) is 0 Å². The fourth-order valence-corrected chi connectivity index (χ4v) is 7.56. The molecule has 0 bridgehead atoms. The maximum Gasteiger partial charge on any atom is 0.0456 e. The van der Waals surface area contributed by atoms with Crippen LogP contribution in [-0.4, -0.2) is 0 Å². The lowest BCUT2D eigenvalue weighted by molar-refractivity contribution is 1.26. The summed E-state index contributed by atoms with van der Waals surface area (Å²) in [5.41, 5.74) is 1.42. The zero-order chi connectivity index (χ0) is 15.1. The summed E-state index contributed by atoms with van der Waals surface area (Å²) in [6.07, 6.45) is 2.13. The van der Waals surface area contributed by atoms with E-state index in [4.69, 9.17) is 0 Å². The summed E-state index contributed by atoms with van der Waals surface area (Å²) in [6, 6.07) is 9.11. The van der Waals surface area contributed by atoms with E-state index in [-0.39, 0.29) is 0 Å². The van der Waals surface area contributed by atoms with Crippen LogP contribution in [0.1, 0.15) is 25.1 Å². The van der Waals surface area contributed by atoms with Gasteiger partial charge in [-0.25, -0.2) is 0 Å². The smallest absolute Gasteiger partial charge is 0.0456 e. The maximum absolute atomic E-state index is 3.63. The summed E-state index contributed by atoms with van der Waals surface area (Å²) in [5.74, 6) is 0. The van der Waals surface area contributed by atoms with Crippen LogP contribution in [0.3, 0.4) is 0 Å². The van der Waals surface area contributed by atoms with Crippen molar-refractivity contribution in [2.45, 2.75) is 19.8 Å². The molecule has 0 radical (unpaired) electrons. The number of hydrogen-bond donors (Lipinski definition) is 0. The summed E-state index contributed by atoms with van der Waals surface area (Å²) < 4.78 is 4.12. The van der Waals surface area contributed by atoms with Crippen LogP contribution in [0.15, 0.2) is 39.5 Å². The van der Waals surface area contributed by atoms with Crippen LogP contribution < -0.4 is 0 Å². The van der Waals surface area contributed by atoms with Gasteiger partial charge in [-0.1, -0.05) is 0 Å². The van der Waals surface area contributed by atoms with Gasteiger partial charge in [-0.05, 0) is 63.4 Å². The highest BCUT2D eigenvalue weighted by Gasteiger charge is 2.11. The number of hydrogen-bond acceptors (Lipinski definition) is 4. The van der Waals surface area contributed by atoms with Crippen LogP contribution in [0, 0.1) is 6.92 Å². The first-order valence-electron chi connectivity index (χ1n) is 6.95. The number of aryl methyl sites for hydroxylation is 1. The molecular weight excluding hydrogens is 412 g/mol. The Morgan fingerprint density at radius 3 is 2.00 bits per heavy atom. The third-order valence-electron chi connectivity index (χ3n) is 3.64. The molecule has 0 amide bonds. The zero-order valence-corrected chi connectivity index (χ0v) is 16.7. The van der Waals surface area contributed by atoms with Gasteiger partial charge < -0.3 is 0 Å². The van der Waals surface area contributed by atoms with Crippen molar-refractivity contribution in [2.24, 2.45) is 0 Å². The predicted octanol–water partition coefficient (Wildman–Crippen LogP) is 7.34. The maximum atomic E-state index is 3.63. The van der Waals surface area contributed by atoms with Crippen molar-refractivity contribution in [2.75, 3.05) is 0 Å². The topological polar surface area (TPSA) is 0 Å². The lowest BCUT2D eigenvalue weighted by Gasteiger charge is -1.96. The van der Waals surface area contributed by atoms with Crippen LogP contribution in [0.25, 0.3) is 9.40 Å². The second-order valence-electron chi connectivity index (χ2n) is 5.23. The summed E-state index contributed by atoms with van der Waals surface area (Å²) in [4.78, 5) is 5.86. The van der Waals surface area contributed by atoms with Gasteiger partial charge in [-0.2, -0.15) is 0 Å². The van der Waals surface area contributed by atoms with Gasteiger partial charge in [0.15, 0.2) is 0 Å². The van der Waals surface area contributed by atoms with E-state index in [1.54, 1.807) is 0 Å². The van der Waals surface area contributed by atoms with Gasteiger partial charge in [-0.15, -0.1) is 45.3 Å². The molecule has 0 aliphatic heterocycles. The first kappa shape index (κ1) is 15.1. The van der Waals surface area contributed by atoms with Gasteiger partial charge in [-0.3, -0.25) is 0 Å². The van der Waals surface area contributed by atoms with Crippen molar-refractivity contribution in [1.29, 1.82) is 0 Å². The molecule has 0 unspecified atom stereocenters. The Balaban J connectivity index is 1.57. The van der Waals surface area contributed by atoms with E-state index in [0.29, 0.717) is 0 Å². The number of thiophene rings is 4. The van der Waals surface area contributed by atoms with Crippen molar-refractivity contribution < 1.29 is 0 Å². The van der Waals surface area contributed by atoms with E-state index in [1.165, 1.54) is 38.9 Å². The number of rotatable bonds is 4. The Morgan fingerprint density at radius 1 is 0.864 bits per heavy atom. The highest BCUT2D eigenvalue weighted by molar-refractivity contribution is 9.10. The molecule has 0 saturated heterocycles. The molecular formula is C17H13BrS4. The van der Waals surface area contributed by atoms with E-state index < -0.39 is 0 Å². The van der Waals surface area contributed by atoms with Crippen LogP contribution >= 0.6 is 61.3 Å². The zero-order valence-electron chi connectivity index (χ0n) is 11.9. The summed E-state index contributed by atoms with van der Waals surface area (Å²) in [5, 5.41) is 4.34. The molecule has 112 valence electrons. The van der Waals surface area contributed by atoms with Gasteiger partial charge >= 0.3 is 0 Å². The molecule has 4 aromatic rings. The summed E-state index contributed by atoms with van der Waals surface area (Å²) in [6.45, 7) is 2.21. The largest absolute Gasteiger partial charge is 0.148 e. The molecule has 0 spiro atoms. The predicted molar refractivity (Wildman–Crippen MR) is 106 cm³/mol. The van der Waals surface area contributed by atoms with Crippen LogP contribution in [-0.2, 0) is 12.8 Å². The Morgan fingerprint density at radius 2 is 1.45 bits per heavy atom. The van der Waals surface area contributed by atoms with Crippen LogP contribution in [0.2, 0.25) is 0 Å². The Labute approximate surface area is 154 Å². The SMILES string of the molecule is Cc1ccsc1Cc1cc2sc(Cc3sccc3Br)cc2s1. The average Bonchev–Trinajstić information content (AvgIpc) is 3.20. The second kappa shape index (κ2) is 6.21. The normalized spacial score (nSPS) is 11.5. The third kappa shape index (κ3) is 2.97. The van der Waals surface area contributed by atoms with Gasteiger partial charge in [0.1, 0.15) is 0 Å². The van der Waals surface area contributed by atoms with E-state index in [0.717, 1.165) is 12.8 Å². The quantitative estimate of drug-likeness (QED) is 0.321. The lowest BCUT2D eigenvalue weighted by atomic mass is 10.2. The Kier molecular flexibility index (Phi) is 4.26. The third-order valence-corrected chi connectivity index (χ3v) is 8.88. The molecule has 0 saturated carbocycles. The Hall–Kier alpha value is -0.460. The average molecular weight is 425 g/mol. The monoisotopic (exact) mass is 424 g/mol. The lowest BCUT2D eigenvalue weighted by Crippen LogP contribution is -1.81. The summed E-state index contributed by atoms with van der Waals surface area (Å²) >= 11 is 11.2. The minimum Gasteiger partial charge on any atom is -0.148 e. The molecule has 4 rings (SSSR count). The van der Waals surface area contributed by atoms with E-state index in [2.05, 4.69) is 57.9 Å². The first-order valence-corrected chi connectivity index (χ1v) is 11.1. The van der Waals surface area contributed by atoms with Gasteiger partial charge in [0.2, 0.25) is 0 Å². The van der Waals surface area contributed by atoms with Crippen molar-refractivity contribution >= 4 is 70.7 Å². The second-order valence-corrected chi connectivity index (χ2v) is 10.4. The molecule has 0 aromatic carbocycles. The highest BCUT2D eigenvalue weighted by atomic mass is 79.9. The molecule has 4 aromatic heterocycles. The first-order chi connectivity index (χ1) is 10.7. The standard InChI is InChI=1S/C17H13BrS4/c1-10-2-4-19-14(10)6-11-8-16-17(21-11)9-12(22-16)7-15-13(18)3-5-20-15/h2-5,8-9H,6-7H2,1H3. The molecule has 0 fully saturated rings. The fourth-order valence-electron chi connectivity index (χ4n) is 2.46. The molecule has 0 atom stereocenters. The van der Waals surface area contributed by atoms with Crippen molar-refractivity contribution in [3.8, 4) is 0 Å². The molecule has 4 heterocycles. The molecule has 0 nitrogen and oxygen atoms in total. The molecule has 0 N–H and O–H groups in total. The summed E-state index contributed by atoms with van der Waals surface area (Å²) in [7, 11) is 0. The number of fused-ring (bicyclic) bond motifs is 1. The molecule has 5 heteroatoms. The van der Waals surface area contributed by atoms with Gasteiger partial charge in [0.05, 0.1) is 0 Å².